The number of fused-ring (bicyclic) bond motifs is 6. The van der Waals surface area contributed by atoms with Crippen LogP contribution in [0.25, 0.3) is 34.4 Å². The minimum Gasteiger partial charge on any atom is -0.339 e. The first-order chi connectivity index (χ1) is 14.2. The second-order valence-electron chi connectivity index (χ2n) is 7.30. The molecular weight excluding hydrogens is 364 g/mol. The van der Waals surface area contributed by atoms with E-state index in [1.54, 1.807) is 0 Å². The monoisotopic (exact) mass is 384 g/mol. The van der Waals surface area contributed by atoms with E-state index in [4.69, 9.17) is 0 Å². The maximum Gasteiger partial charge on any atom is 0.327 e. The summed E-state index contributed by atoms with van der Waals surface area (Å²) in [4.78, 5) is 32.3. The summed E-state index contributed by atoms with van der Waals surface area (Å²) in [7, 11) is 0. The molecule has 2 aliphatic rings. The maximum absolute atomic E-state index is 10.9. The van der Waals surface area contributed by atoms with Gasteiger partial charge >= 0.3 is 5.69 Å². The van der Waals surface area contributed by atoms with Crippen molar-refractivity contribution >= 4 is 23.3 Å². The molecule has 0 radical (unpaired) electrons. The molecule has 2 aromatic heterocycles. The van der Waals surface area contributed by atoms with Gasteiger partial charge in [0.2, 0.25) is 0 Å². The molecule has 0 unspecified atom stereocenters. The summed E-state index contributed by atoms with van der Waals surface area (Å²) in [6, 6.07) is 13.5. The lowest BCUT2D eigenvalue weighted by Crippen LogP contribution is -2.33. The third-order valence-corrected chi connectivity index (χ3v) is 5.54. The summed E-state index contributed by atoms with van der Waals surface area (Å²) in [6.45, 7) is 0. The number of rotatable bonds is 0. The number of hydrogen-bond acceptors (Lipinski definition) is 3. The van der Waals surface area contributed by atoms with Crippen LogP contribution in [-0.2, 0) is 12.8 Å². The summed E-state index contributed by atoms with van der Waals surface area (Å²) in [5.41, 5.74) is 5.40. The van der Waals surface area contributed by atoms with E-state index in [-0.39, 0.29) is 11.2 Å². The normalized spacial score (nSPS) is 13.8. The highest BCUT2D eigenvalue weighted by Crippen LogP contribution is 2.24. The zero-order chi connectivity index (χ0) is 19.8. The highest BCUT2D eigenvalue weighted by atomic mass is 16.2. The van der Waals surface area contributed by atoms with Crippen molar-refractivity contribution in [3.63, 3.8) is 0 Å². The Balaban J connectivity index is 0.000000142. The van der Waals surface area contributed by atoms with Gasteiger partial charge in [0.25, 0.3) is 5.56 Å². The molecule has 2 aromatic carbocycles. The van der Waals surface area contributed by atoms with Gasteiger partial charge in [-0.15, -0.1) is 0 Å². The van der Waals surface area contributed by atoms with Crippen molar-refractivity contribution in [3.05, 3.63) is 85.1 Å². The predicted octanol–water partition coefficient (Wildman–Crippen LogP) is 1.75. The van der Waals surface area contributed by atoms with Crippen LogP contribution >= 0.6 is 0 Å². The van der Waals surface area contributed by atoms with E-state index in [0.29, 0.717) is 0 Å². The number of aromatic nitrogens is 4. The fourth-order valence-corrected chi connectivity index (χ4v) is 4.17. The Morgan fingerprint density at radius 1 is 0.862 bits per heavy atom. The lowest BCUT2D eigenvalue weighted by atomic mass is 9.87. The number of nitrogens with zero attached hydrogens (tertiary/aromatic N) is 1. The molecular formula is C23H20N4O2. The topological polar surface area (TPSA) is 94.4 Å². The molecule has 0 fully saturated rings. The van der Waals surface area contributed by atoms with Gasteiger partial charge in [-0.25, -0.2) is 9.78 Å². The number of aromatic amines is 3. The van der Waals surface area contributed by atoms with Gasteiger partial charge in [-0.3, -0.25) is 14.8 Å². The summed E-state index contributed by atoms with van der Waals surface area (Å²) < 4.78 is 0. The second kappa shape index (κ2) is 7.05. The molecule has 6 heteroatoms. The molecule has 3 N–H and O–H groups in total. The molecule has 0 spiro atoms. The third kappa shape index (κ3) is 3.12. The third-order valence-electron chi connectivity index (χ3n) is 5.54. The van der Waals surface area contributed by atoms with Crippen molar-refractivity contribution in [3.8, 4) is 11.1 Å². The molecule has 0 bridgehead atoms. The van der Waals surface area contributed by atoms with Crippen LogP contribution in [0, 0.1) is 0 Å². The van der Waals surface area contributed by atoms with Gasteiger partial charge < -0.3 is 4.98 Å². The molecule has 144 valence electrons. The fourth-order valence-electron chi connectivity index (χ4n) is 4.17. The largest absolute Gasteiger partial charge is 0.339 e. The summed E-state index contributed by atoms with van der Waals surface area (Å²) >= 11 is 0. The summed E-state index contributed by atoms with van der Waals surface area (Å²) in [5, 5.41) is 2.99. The molecule has 2 heterocycles. The Morgan fingerprint density at radius 3 is 2.69 bits per heavy atom. The number of hydrogen-bond donors (Lipinski definition) is 3. The summed E-state index contributed by atoms with van der Waals surface area (Å²) in [6.07, 6.45) is 11.1. The van der Waals surface area contributed by atoms with Crippen LogP contribution in [0.2, 0.25) is 0 Å². The molecule has 0 saturated heterocycles. The van der Waals surface area contributed by atoms with Gasteiger partial charge in [0.15, 0.2) is 5.65 Å². The fraction of sp³-hybridized carbons (Fsp3) is 0.174. The Labute approximate surface area is 165 Å². The number of imidazole rings is 1. The Bertz CT molecular complexity index is 1460. The van der Waals surface area contributed by atoms with Gasteiger partial charge in [-0.05, 0) is 58.4 Å². The Hall–Kier alpha value is -3.67. The van der Waals surface area contributed by atoms with Crippen LogP contribution in [0.4, 0.5) is 0 Å². The minimum atomic E-state index is -0.547. The van der Waals surface area contributed by atoms with Crippen molar-refractivity contribution in [1.82, 2.24) is 19.9 Å². The molecule has 6 nitrogen and oxygen atoms in total. The lowest BCUT2D eigenvalue weighted by Gasteiger charge is -2.17. The molecule has 2 aliphatic carbocycles. The average Bonchev–Trinajstić information content (AvgIpc) is 3.23. The van der Waals surface area contributed by atoms with E-state index in [2.05, 4.69) is 68.5 Å². The number of benzene rings is 2. The first-order valence-electron chi connectivity index (χ1n) is 9.77. The first kappa shape index (κ1) is 17.4. The van der Waals surface area contributed by atoms with Gasteiger partial charge in [0.1, 0.15) is 5.52 Å². The molecule has 29 heavy (non-hydrogen) atoms. The number of aryl methyl sites for hydroxylation is 1. The van der Waals surface area contributed by atoms with E-state index in [1.165, 1.54) is 58.3 Å². The van der Waals surface area contributed by atoms with E-state index in [1.807, 2.05) is 0 Å². The molecule has 6 rings (SSSR count). The van der Waals surface area contributed by atoms with Gasteiger partial charge in [-0.2, -0.15) is 0 Å². The minimum absolute atomic E-state index is 0.277. The van der Waals surface area contributed by atoms with E-state index in [9.17, 15) is 9.59 Å². The van der Waals surface area contributed by atoms with Crippen molar-refractivity contribution in [2.45, 2.75) is 25.7 Å². The van der Waals surface area contributed by atoms with Crippen LogP contribution in [0.1, 0.15) is 24.0 Å². The number of H-pyrrole nitrogens is 3. The van der Waals surface area contributed by atoms with E-state index in [0.717, 1.165) is 6.42 Å². The van der Waals surface area contributed by atoms with Gasteiger partial charge in [-0.1, -0.05) is 48.6 Å². The highest BCUT2D eigenvalue weighted by molar-refractivity contribution is 5.74. The van der Waals surface area contributed by atoms with Crippen LogP contribution < -0.4 is 21.7 Å². The highest BCUT2D eigenvalue weighted by Gasteiger charge is 2.13. The quantitative estimate of drug-likeness (QED) is 0.431. The predicted molar refractivity (Wildman–Crippen MR) is 114 cm³/mol. The molecule has 0 amide bonds. The van der Waals surface area contributed by atoms with Crippen LogP contribution in [0.3, 0.4) is 0 Å². The van der Waals surface area contributed by atoms with Gasteiger partial charge in [0, 0.05) is 0 Å². The zero-order valence-corrected chi connectivity index (χ0v) is 15.8. The van der Waals surface area contributed by atoms with Crippen molar-refractivity contribution in [1.29, 1.82) is 0 Å². The molecule has 0 saturated carbocycles. The smallest absolute Gasteiger partial charge is 0.327 e. The Kier molecular flexibility index (Phi) is 4.24. The SMILES string of the molecule is C1=c2c(ccc3c2=CCc2ccccc2-3)CCC1.O=c1[nH]c(=O)c2[nH]cnc2[nH]1. The lowest BCUT2D eigenvalue weighted by molar-refractivity contribution is 0.834. The Morgan fingerprint density at radius 2 is 1.76 bits per heavy atom. The molecule has 0 atom stereocenters. The van der Waals surface area contributed by atoms with Crippen molar-refractivity contribution < 1.29 is 0 Å². The zero-order valence-electron chi connectivity index (χ0n) is 15.8. The maximum atomic E-state index is 10.9. The first-order valence-corrected chi connectivity index (χ1v) is 9.77. The van der Waals surface area contributed by atoms with E-state index < -0.39 is 11.2 Å². The average molecular weight is 384 g/mol. The second-order valence-corrected chi connectivity index (χ2v) is 7.30. The van der Waals surface area contributed by atoms with E-state index >= 15 is 0 Å². The molecule has 0 aliphatic heterocycles. The van der Waals surface area contributed by atoms with Crippen LogP contribution in [0.15, 0.2) is 52.3 Å². The standard InChI is InChI=1S/C18H16.C5H4N4O2/c1-3-7-15-13(5-1)9-11-18-16-8-4-2-6-14(16)10-12-17(15)18;10-4-2-3(7-1-6-2)8-5(11)9-4/h1,3,5,7-8,10-12H,2,4,6,9H2;1H,(H3,6,7,8,9,10,11). The number of nitrogens with one attached hydrogen (secondary N) is 3. The van der Waals surface area contributed by atoms with Crippen LogP contribution in [-0.4, -0.2) is 19.9 Å². The summed E-state index contributed by atoms with van der Waals surface area (Å²) in [5.74, 6) is 0. The van der Waals surface area contributed by atoms with Gasteiger partial charge in [0.05, 0.1) is 6.33 Å². The van der Waals surface area contributed by atoms with Crippen molar-refractivity contribution in [2.24, 2.45) is 0 Å². The van der Waals surface area contributed by atoms with Crippen LogP contribution in [0.5, 0.6) is 0 Å². The van der Waals surface area contributed by atoms with Crippen molar-refractivity contribution in [2.75, 3.05) is 0 Å². The molecule has 4 aromatic rings.